The summed E-state index contributed by atoms with van der Waals surface area (Å²) in [6, 6.07) is 66.3. The first-order valence-electron chi connectivity index (χ1n) is 15.6. The fourth-order valence-electron chi connectivity index (χ4n) is 6.07. The summed E-state index contributed by atoms with van der Waals surface area (Å²) in [5, 5.41) is 1.11. The highest BCUT2D eigenvalue weighted by Crippen LogP contribution is 2.38. The molecule has 2 nitrogen and oxygen atoms in total. The Morgan fingerprint density at radius 1 is 0.304 bits per heavy atom. The number of nitrogens with zero attached hydrogens (tertiary/aromatic N) is 1. The molecule has 0 bridgehead atoms. The molecule has 0 aliphatic rings. The van der Waals surface area contributed by atoms with Crippen molar-refractivity contribution in [3.63, 3.8) is 0 Å². The lowest BCUT2D eigenvalue weighted by Gasteiger charge is -2.26. The highest BCUT2D eigenvalue weighted by molar-refractivity contribution is 5.84. The molecule has 7 aromatic carbocycles. The molecule has 0 unspecified atom stereocenters. The monoisotopic (exact) mass is 589 g/mol. The second-order valence-electron chi connectivity index (χ2n) is 11.4. The van der Waals surface area contributed by atoms with Crippen molar-refractivity contribution in [2.24, 2.45) is 0 Å². The van der Waals surface area contributed by atoms with E-state index in [-0.39, 0.29) is 0 Å². The van der Waals surface area contributed by atoms with Crippen LogP contribution in [-0.4, -0.2) is 0 Å². The molecule has 0 aliphatic carbocycles. The minimum atomic E-state index is 0.870. The number of hydrogen-bond donors (Lipinski definition) is 0. The first kappa shape index (κ1) is 27.4. The van der Waals surface area contributed by atoms with Gasteiger partial charge in [-0.15, -0.1) is 0 Å². The Morgan fingerprint density at radius 3 is 1.09 bits per heavy atom. The molecule has 2 heteroatoms. The SMILES string of the molecule is c1ccc(-c2ccc(-c3ccc(N(c4ccc(-c5ccccc5)cc4)c4ccc(-c5cc6ccccc6o5)cc4)cc3)cc2)cc1. The van der Waals surface area contributed by atoms with E-state index in [0.717, 1.165) is 39.4 Å². The van der Waals surface area contributed by atoms with Crippen molar-refractivity contribution in [2.45, 2.75) is 0 Å². The van der Waals surface area contributed by atoms with Crippen LogP contribution in [-0.2, 0) is 0 Å². The van der Waals surface area contributed by atoms with Gasteiger partial charge in [0, 0.05) is 28.0 Å². The predicted molar refractivity (Wildman–Crippen MR) is 193 cm³/mol. The van der Waals surface area contributed by atoms with Gasteiger partial charge in [-0.2, -0.15) is 0 Å². The van der Waals surface area contributed by atoms with Gasteiger partial charge in [0.15, 0.2) is 0 Å². The molecular formula is C44H31NO. The van der Waals surface area contributed by atoms with Gasteiger partial charge in [0.2, 0.25) is 0 Å². The molecule has 0 amide bonds. The molecule has 0 spiro atoms. The average Bonchev–Trinajstić information content (AvgIpc) is 3.58. The number of furan rings is 1. The van der Waals surface area contributed by atoms with Crippen LogP contribution in [0.5, 0.6) is 0 Å². The third-order valence-corrected chi connectivity index (χ3v) is 8.52. The summed E-state index contributed by atoms with van der Waals surface area (Å²) >= 11 is 0. The summed E-state index contributed by atoms with van der Waals surface area (Å²) in [6.45, 7) is 0. The summed E-state index contributed by atoms with van der Waals surface area (Å²) in [7, 11) is 0. The van der Waals surface area contributed by atoms with Gasteiger partial charge in [-0.3, -0.25) is 0 Å². The minimum Gasteiger partial charge on any atom is -0.456 e. The van der Waals surface area contributed by atoms with E-state index >= 15 is 0 Å². The van der Waals surface area contributed by atoms with E-state index < -0.39 is 0 Å². The molecule has 0 radical (unpaired) electrons. The molecule has 0 saturated heterocycles. The van der Waals surface area contributed by atoms with Crippen LogP contribution in [0.4, 0.5) is 17.1 Å². The number of rotatable bonds is 7. The van der Waals surface area contributed by atoms with E-state index in [0.29, 0.717) is 0 Å². The van der Waals surface area contributed by atoms with Crippen molar-refractivity contribution < 1.29 is 4.42 Å². The Bertz CT molecular complexity index is 2160. The summed E-state index contributed by atoms with van der Waals surface area (Å²) in [5.74, 6) is 0.870. The van der Waals surface area contributed by atoms with Crippen LogP contribution < -0.4 is 4.90 Å². The molecular weight excluding hydrogens is 558 g/mol. The molecule has 0 fully saturated rings. The van der Waals surface area contributed by atoms with Crippen LogP contribution in [0.3, 0.4) is 0 Å². The van der Waals surface area contributed by atoms with Gasteiger partial charge in [0.1, 0.15) is 11.3 Å². The summed E-state index contributed by atoms with van der Waals surface area (Å²) in [5.41, 5.74) is 12.4. The third-order valence-electron chi connectivity index (χ3n) is 8.52. The lowest BCUT2D eigenvalue weighted by atomic mass is 10.00. The first-order valence-corrected chi connectivity index (χ1v) is 15.6. The summed E-state index contributed by atoms with van der Waals surface area (Å²) in [6.07, 6.45) is 0. The number of benzene rings is 7. The molecule has 0 N–H and O–H groups in total. The maximum atomic E-state index is 6.15. The molecule has 218 valence electrons. The van der Waals surface area contributed by atoms with Gasteiger partial charge in [-0.05, 0) is 94.0 Å². The zero-order valence-electron chi connectivity index (χ0n) is 25.3. The van der Waals surface area contributed by atoms with Crippen molar-refractivity contribution in [2.75, 3.05) is 4.90 Å². The zero-order valence-corrected chi connectivity index (χ0v) is 25.3. The fraction of sp³-hybridized carbons (Fsp3) is 0. The highest BCUT2D eigenvalue weighted by atomic mass is 16.3. The molecule has 1 aromatic heterocycles. The van der Waals surface area contributed by atoms with Crippen LogP contribution in [0.15, 0.2) is 192 Å². The number of para-hydroxylation sites is 1. The smallest absolute Gasteiger partial charge is 0.135 e. The van der Waals surface area contributed by atoms with Gasteiger partial charge < -0.3 is 9.32 Å². The van der Waals surface area contributed by atoms with Crippen LogP contribution in [0.25, 0.3) is 55.7 Å². The Kier molecular flexibility index (Phi) is 7.22. The summed E-state index contributed by atoms with van der Waals surface area (Å²) < 4.78 is 6.15. The van der Waals surface area contributed by atoms with Crippen molar-refractivity contribution in [1.82, 2.24) is 0 Å². The third kappa shape index (κ3) is 5.49. The van der Waals surface area contributed by atoms with Crippen LogP contribution in [0.2, 0.25) is 0 Å². The van der Waals surface area contributed by atoms with Crippen molar-refractivity contribution in [3.05, 3.63) is 188 Å². The van der Waals surface area contributed by atoms with Crippen molar-refractivity contribution in [3.8, 4) is 44.7 Å². The van der Waals surface area contributed by atoms with Gasteiger partial charge >= 0.3 is 0 Å². The second kappa shape index (κ2) is 12.1. The quantitative estimate of drug-likeness (QED) is 0.184. The average molecular weight is 590 g/mol. The molecule has 1 heterocycles. The lowest BCUT2D eigenvalue weighted by Crippen LogP contribution is -2.09. The van der Waals surface area contributed by atoms with E-state index in [1.165, 1.54) is 33.4 Å². The molecule has 46 heavy (non-hydrogen) atoms. The topological polar surface area (TPSA) is 16.4 Å². The van der Waals surface area contributed by atoms with E-state index in [1.54, 1.807) is 0 Å². The first-order chi connectivity index (χ1) is 22.8. The summed E-state index contributed by atoms with van der Waals surface area (Å²) in [4.78, 5) is 2.31. The Morgan fingerprint density at radius 2 is 0.652 bits per heavy atom. The highest BCUT2D eigenvalue weighted by Gasteiger charge is 2.15. The number of fused-ring (bicyclic) bond motifs is 1. The van der Waals surface area contributed by atoms with Crippen molar-refractivity contribution >= 4 is 28.0 Å². The maximum absolute atomic E-state index is 6.15. The minimum absolute atomic E-state index is 0.870. The zero-order chi connectivity index (χ0) is 30.7. The molecule has 0 atom stereocenters. The number of hydrogen-bond acceptors (Lipinski definition) is 2. The maximum Gasteiger partial charge on any atom is 0.135 e. The van der Waals surface area contributed by atoms with E-state index in [1.807, 2.05) is 18.2 Å². The molecule has 8 aromatic rings. The predicted octanol–water partition coefficient (Wildman–Crippen LogP) is 12.6. The van der Waals surface area contributed by atoms with Crippen LogP contribution in [0.1, 0.15) is 0 Å². The van der Waals surface area contributed by atoms with E-state index in [4.69, 9.17) is 4.42 Å². The standard InChI is InChI=1S/C44H31NO/c1-3-9-32(10-4-1)34-15-17-35(18-16-34)37-21-27-41(28-22-37)45(40-25-19-36(20-26-40)33-11-5-2-6-12-33)42-29-23-38(24-30-42)44-31-39-13-7-8-14-43(39)46-44/h1-31H. The van der Waals surface area contributed by atoms with Gasteiger partial charge in [0.25, 0.3) is 0 Å². The Balaban J connectivity index is 1.13. The van der Waals surface area contributed by atoms with Crippen LogP contribution in [0, 0.1) is 0 Å². The van der Waals surface area contributed by atoms with Gasteiger partial charge in [-0.25, -0.2) is 0 Å². The number of anilines is 3. The van der Waals surface area contributed by atoms with Crippen molar-refractivity contribution in [1.29, 1.82) is 0 Å². The molecule has 0 saturated carbocycles. The van der Waals surface area contributed by atoms with Gasteiger partial charge in [0.05, 0.1) is 0 Å². The lowest BCUT2D eigenvalue weighted by molar-refractivity contribution is 0.631. The largest absolute Gasteiger partial charge is 0.456 e. The fourth-order valence-corrected chi connectivity index (χ4v) is 6.07. The van der Waals surface area contributed by atoms with E-state index in [2.05, 4.69) is 175 Å². The Hall–Kier alpha value is -6.12. The van der Waals surface area contributed by atoms with Gasteiger partial charge in [-0.1, -0.05) is 127 Å². The second-order valence-corrected chi connectivity index (χ2v) is 11.4. The van der Waals surface area contributed by atoms with E-state index in [9.17, 15) is 0 Å². The molecule has 0 aliphatic heterocycles. The Labute approximate surface area is 269 Å². The normalized spacial score (nSPS) is 11.0. The van der Waals surface area contributed by atoms with Crippen LogP contribution >= 0.6 is 0 Å². The molecule has 8 rings (SSSR count).